The average Bonchev–Trinajstić information content (AvgIpc) is 2.18. The van der Waals surface area contributed by atoms with Crippen LogP contribution < -0.4 is 4.18 Å². The molecule has 0 aromatic heterocycles. The molecule has 1 aromatic carbocycles. The number of halogens is 1. The van der Waals surface area contributed by atoms with Gasteiger partial charge in [0.15, 0.2) is 0 Å². The van der Waals surface area contributed by atoms with Crippen LogP contribution in [-0.2, 0) is 10.1 Å². The van der Waals surface area contributed by atoms with Gasteiger partial charge in [-0.15, -0.1) is 0 Å². The molecular weight excluding hydrogens is 303 g/mol. The Morgan fingerprint density at radius 1 is 1.25 bits per heavy atom. The summed E-state index contributed by atoms with van der Waals surface area (Å²) >= 11 is 3.26. The second-order valence-electron chi connectivity index (χ2n) is 3.15. The summed E-state index contributed by atoms with van der Waals surface area (Å²) in [5.41, 5.74) is 0. The summed E-state index contributed by atoms with van der Waals surface area (Å²) in [6.45, 7) is 1.94. The Morgan fingerprint density at radius 2 is 1.81 bits per heavy atom. The maximum absolute atomic E-state index is 11.4. The first kappa shape index (κ1) is 16.4. The van der Waals surface area contributed by atoms with Crippen LogP contribution in [0.3, 0.4) is 0 Å². The molecule has 0 fully saturated rings. The topological polar surface area (TPSA) is 43.4 Å². The summed E-state index contributed by atoms with van der Waals surface area (Å²) in [6.07, 6.45) is 1.46. The molecule has 0 atom stereocenters. The van der Waals surface area contributed by atoms with Gasteiger partial charge in [0.05, 0.1) is 5.75 Å². The zero-order chi connectivity index (χ0) is 11.3. The summed E-state index contributed by atoms with van der Waals surface area (Å²) in [5, 5.41) is 0. The van der Waals surface area contributed by atoms with E-state index < -0.39 is 10.1 Å². The third kappa shape index (κ3) is 6.25. The Kier molecular flexibility index (Phi) is 7.93. The fraction of sp³-hybridized carbons (Fsp3) is 0.400. The summed E-state index contributed by atoms with van der Waals surface area (Å²) < 4.78 is 28.6. The molecule has 0 N–H and O–H groups in total. The van der Waals surface area contributed by atoms with Gasteiger partial charge in [0, 0.05) is 4.47 Å². The fourth-order valence-corrected chi connectivity index (χ4v) is 2.39. The van der Waals surface area contributed by atoms with Crippen LogP contribution in [0.25, 0.3) is 0 Å². The normalized spacial score (nSPS) is 10.6. The van der Waals surface area contributed by atoms with Crippen LogP contribution >= 0.6 is 15.9 Å². The van der Waals surface area contributed by atoms with E-state index in [1.165, 1.54) is 0 Å². The van der Waals surface area contributed by atoms with Crippen LogP contribution in [0.5, 0.6) is 5.75 Å². The molecule has 0 aliphatic heterocycles. The van der Waals surface area contributed by atoms with Gasteiger partial charge in [-0.1, -0.05) is 29.3 Å². The summed E-state index contributed by atoms with van der Waals surface area (Å²) in [4.78, 5) is 0. The molecule has 0 saturated carbocycles. The van der Waals surface area contributed by atoms with Crippen molar-refractivity contribution < 1.29 is 12.6 Å². The summed E-state index contributed by atoms with van der Waals surface area (Å²) in [6, 6.07) is 6.72. The quantitative estimate of drug-likeness (QED) is 0.618. The van der Waals surface area contributed by atoms with Gasteiger partial charge >= 0.3 is 39.7 Å². The number of hydrogen-bond acceptors (Lipinski definition) is 3. The van der Waals surface area contributed by atoms with Crippen LogP contribution in [0.15, 0.2) is 28.7 Å². The van der Waals surface area contributed by atoms with Crippen molar-refractivity contribution in [3.05, 3.63) is 28.7 Å². The third-order valence-electron chi connectivity index (χ3n) is 1.78. The monoisotopic (exact) mass is 316 g/mol. The van der Waals surface area contributed by atoms with E-state index in [2.05, 4.69) is 15.9 Å². The van der Waals surface area contributed by atoms with E-state index >= 15 is 0 Å². The number of hydrogen-bond donors (Lipinski definition) is 0. The maximum atomic E-state index is 11.4. The van der Waals surface area contributed by atoms with E-state index in [9.17, 15) is 8.42 Å². The van der Waals surface area contributed by atoms with Crippen molar-refractivity contribution in [2.45, 2.75) is 19.8 Å². The zero-order valence-corrected chi connectivity index (χ0v) is 10.8. The van der Waals surface area contributed by atoms with E-state index in [0.717, 1.165) is 10.9 Å². The Morgan fingerprint density at radius 3 is 2.31 bits per heavy atom. The Balaban J connectivity index is 0.00000225. The predicted molar refractivity (Wildman–Crippen MR) is 70.6 cm³/mol. The average molecular weight is 317 g/mol. The van der Waals surface area contributed by atoms with Gasteiger partial charge in [-0.3, -0.25) is 0 Å². The van der Waals surface area contributed by atoms with Gasteiger partial charge in [0.1, 0.15) is 5.75 Å². The zero-order valence-electron chi connectivity index (χ0n) is 8.44. The molecule has 0 spiro atoms. The van der Waals surface area contributed by atoms with Gasteiger partial charge in [-0.05, 0) is 30.7 Å². The van der Waals surface area contributed by atoms with Gasteiger partial charge < -0.3 is 4.18 Å². The van der Waals surface area contributed by atoms with Crippen molar-refractivity contribution in [1.29, 1.82) is 0 Å². The van der Waals surface area contributed by atoms with Gasteiger partial charge in [0.2, 0.25) is 0 Å². The van der Waals surface area contributed by atoms with Crippen LogP contribution in [-0.4, -0.2) is 43.7 Å². The van der Waals surface area contributed by atoms with Crippen LogP contribution in [0.4, 0.5) is 0 Å². The minimum atomic E-state index is -3.42. The van der Waals surface area contributed by atoms with E-state index in [4.69, 9.17) is 4.18 Å². The first-order valence-corrected chi connectivity index (χ1v) is 7.08. The first-order valence-electron chi connectivity index (χ1n) is 4.71. The molecule has 0 radical (unpaired) electrons. The Labute approximate surface area is 127 Å². The number of benzene rings is 1. The predicted octanol–water partition coefficient (Wildman–Crippen LogP) is 2.31. The van der Waals surface area contributed by atoms with Crippen LogP contribution in [0.2, 0.25) is 0 Å². The molecule has 1 aromatic rings. The molecule has 16 heavy (non-hydrogen) atoms. The van der Waals surface area contributed by atoms with E-state index in [0.29, 0.717) is 12.2 Å². The number of unbranched alkanes of at least 4 members (excludes halogenated alkanes) is 1. The fourth-order valence-electron chi connectivity index (χ4n) is 1.000. The van der Waals surface area contributed by atoms with E-state index in [-0.39, 0.29) is 35.3 Å². The molecule has 0 unspecified atom stereocenters. The molecule has 0 heterocycles. The SMILES string of the molecule is CCCCS(=O)(=O)Oc1ccc(Br)cc1.[NaH]. The molecule has 3 nitrogen and oxygen atoms in total. The van der Waals surface area contributed by atoms with Crippen LogP contribution in [0, 0.1) is 0 Å². The third-order valence-corrected chi connectivity index (χ3v) is 3.55. The van der Waals surface area contributed by atoms with Crippen LogP contribution in [0.1, 0.15) is 19.8 Å². The van der Waals surface area contributed by atoms with Gasteiger partial charge in [-0.2, -0.15) is 8.42 Å². The van der Waals surface area contributed by atoms with Crippen molar-refractivity contribution in [3.8, 4) is 5.75 Å². The van der Waals surface area contributed by atoms with Crippen molar-refractivity contribution in [1.82, 2.24) is 0 Å². The number of rotatable bonds is 5. The molecular formula is C10H14BrNaO3S. The molecule has 0 amide bonds. The van der Waals surface area contributed by atoms with Crippen molar-refractivity contribution in [3.63, 3.8) is 0 Å². The standard InChI is InChI=1S/C10H13BrO3S.Na.H/c1-2-3-8-15(12,13)14-10-6-4-9(11)5-7-10;;/h4-7H,2-3,8H2,1H3;;. The molecule has 0 aliphatic carbocycles. The Bertz CT molecular complexity index is 403. The van der Waals surface area contributed by atoms with Gasteiger partial charge in [0.25, 0.3) is 0 Å². The minimum absolute atomic E-state index is 0. The van der Waals surface area contributed by atoms with Crippen molar-refractivity contribution in [2.75, 3.05) is 5.75 Å². The molecule has 1 rings (SSSR count). The molecule has 0 bridgehead atoms. The summed E-state index contributed by atoms with van der Waals surface area (Å²) in [5.74, 6) is 0.425. The molecule has 0 aliphatic rings. The Hall–Kier alpha value is 0.450. The summed E-state index contributed by atoms with van der Waals surface area (Å²) in [7, 11) is -3.42. The second kappa shape index (κ2) is 7.71. The van der Waals surface area contributed by atoms with E-state index in [1.807, 2.05) is 6.92 Å². The van der Waals surface area contributed by atoms with E-state index in [1.54, 1.807) is 24.3 Å². The molecule has 6 heteroatoms. The second-order valence-corrected chi connectivity index (χ2v) is 5.76. The van der Waals surface area contributed by atoms with Crippen molar-refractivity contribution in [2.24, 2.45) is 0 Å². The molecule has 0 saturated heterocycles. The van der Waals surface area contributed by atoms with Gasteiger partial charge in [-0.25, -0.2) is 0 Å². The first-order chi connectivity index (χ1) is 7.03. The molecule has 86 valence electrons. The van der Waals surface area contributed by atoms with Crippen molar-refractivity contribution >= 4 is 55.6 Å².